The van der Waals surface area contributed by atoms with Gasteiger partial charge in [-0.2, -0.15) is 0 Å². The SMILES string of the molecule is CCCOC(=O)n1c(C=O)ccc1COCC. The number of aldehydes is 1. The van der Waals surface area contributed by atoms with Gasteiger partial charge in [0.2, 0.25) is 0 Å². The molecule has 0 N–H and O–H groups in total. The fourth-order valence-corrected chi connectivity index (χ4v) is 1.38. The largest absolute Gasteiger partial charge is 0.449 e. The van der Waals surface area contributed by atoms with E-state index in [1.165, 1.54) is 4.57 Å². The number of ether oxygens (including phenoxy) is 2. The molecule has 0 radical (unpaired) electrons. The first-order chi connectivity index (χ1) is 8.24. The third kappa shape index (κ3) is 3.42. The van der Waals surface area contributed by atoms with E-state index in [1.807, 2.05) is 13.8 Å². The predicted molar refractivity (Wildman–Crippen MR) is 62.2 cm³/mol. The van der Waals surface area contributed by atoms with E-state index in [2.05, 4.69) is 0 Å². The van der Waals surface area contributed by atoms with Crippen molar-refractivity contribution in [3.63, 3.8) is 0 Å². The Balaban J connectivity index is 2.88. The minimum absolute atomic E-state index is 0.279. The normalized spacial score (nSPS) is 10.2. The number of hydrogen-bond acceptors (Lipinski definition) is 4. The second-order valence-electron chi connectivity index (χ2n) is 3.45. The number of carbonyl (C=O) groups excluding carboxylic acids is 2. The number of aromatic nitrogens is 1. The lowest BCUT2D eigenvalue weighted by molar-refractivity contribution is 0.109. The summed E-state index contributed by atoms with van der Waals surface area (Å²) in [6.07, 6.45) is 0.834. The molecule has 0 amide bonds. The molecule has 17 heavy (non-hydrogen) atoms. The van der Waals surface area contributed by atoms with Crippen LogP contribution in [0.2, 0.25) is 0 Å². The molecule has 0 aliphatic carbocycles. The summed E-state index contributed by atoms with van der Waals surface area (Å²) >= 11 is 0. The molecule has 0 bridgehead atoms. The first-order valence-electron chi connectivity index (χ1n) is 5.65. The number of rotatable bonds is 6. The minimum atomic E-state index is -0.534. The summed E-state index contributed by atoms with van der Waals surface area (Å²) in [6.45, 7) is 4.94. The van der Waals surface area contributed by atoms with Gasteiger partial charge in [-0.3, -0.25) is 4.79 Å². The second kappa shape index (κ2) is 6.85. The van der Waals surface area contributed by atoms with Crippen molar-refractivity contribution in [1.29, 1.82) is 0 Å². The second-order valence-corrected chi connectivity index (χ2v) is 3.45. The van der Waals surface area contributed by atoms with Crippen molar-refractivity contribution in [2.75, 3.05) is 13.2 Å². The van der Waals surface area contributed by atoms with Crippen LogP contribution < -0.4 is 0 Å². The number of hydrogen-bond donors (Lipinski definition) is 0. The zero-order chi connectivity index (χ0) is 12.7. The van der Waals surface area contributed by atoms with Gasteiger partial charge in [-0.15, -0.1) is 0 Å². The van der Waals surface area contributed by atoms with Crippen LogP contribution in [0.15, 0.2) is 12.1 Å². The van der Waals surface area contributed by atoms with Crippen molar-refractivity contribution in [3.05, 3.63) is 23.5 Å². The maximum atomic E-state index is 11.8. The molecule has 0 saturated carbocycles. The van der Waals surface area contributed by atoms with Crippen molar-refractivity contribution in [2.24, 2.45) is 0 Å². The van der Waals surface area contributed by atoms with Gasteiger partial charge < -0.3 is 9.47 Å². The van der Waals surface area contributed by atoms with E-state index >= 15 is 0 Å². The lowest BCUT2D eigenvalue weighted by atomic mass is 10.4. The molecule has 1 aromatic heterocycles. The molecule has 1 aromatic rings. The molecule has 5 heteroatoms. The van der Waals surface area contributed by atoms with Crippen molar-refractivity contribution in [1.82, 2.24) is 4.57 Å². The first-order valence-corrected chi connectivity index (χ1v) is 5.65. The average molecular weight is 239 g/mol. The third-order valence-corrected chi connectivity index (χ3v) is 2.18. The van der Waals surface area contributed by atoms with Crippen molar-refractivity contribution < 1.29 is 19.1 Å². The zero-order valence-corrected chi connectivity index (χ0v) is 10.1. The van der Waals surface area contributed by atoms with Crippen molar-refractivity contribution >= 4 is 12.4 Å². The monoisotopic (exact) mass is 239 g/mol. The van der Waals surface area contributed by atoms with Crippen LogP contribution in [0.4, 0.5) is 4.79 Å². The van der Waals surface area contributed by atoms with E-state index in [4.69, 9.17) is 9.47 Å². The Bertz CT molecular complexity index is 384. The lowest BCUT2D eigenvalue weighted by Crippen LogP contribution is -2.19. The minimum Gasteiger partial charge on any atom is -0.449 e. The smallest absolute Gasteiger partial charge is 0.418 e. The maximum absolute atomic E-state index is 11.8. The highest BCUT2D eigenvalue weighted by Crippen LogP contribution is 2.10. The molecule has 0 fully saturated rings. The summed E-state index contributed by atoms with van der Waals surface area (Å²) in [5, 5.41) is 0. The Labute approximate surface area is 100 Å². The predicted octanol–water partition coefficient (Wildman–Crippen LogP) is 2.23. The molecular formula is C12H17NO4. The van der Waals surface area contributed by atoms with Crippen molar-refractivity contribution in [2.45, 2.75) is 26.9 Å². The molecule has 0 spiro atoms. The van der Waals surface area contributed by atoms with E-state index in [0.717, 1.165) is 6.42 Å². The summed E-state index contributed by atoms with van der Waals surface area (Å²) in [4.78, 5) is 22.6. The summed E-state index contributed by atoms with van der Waals surface area (Å²) in [5.74, 6) is 0. The van der Waals surface area contributed by atoms with E-state index in [0.29, 0.717) is 25.2 Å². The Morgan fingerprint density at radius 1 is 1.41 bits per heavy atom. The van der Waals surface area contributed by atoms with Gasteiger partial charge in [0.1, 0.15) is 0 Å². The lowest BCUT2D eigenvalue weighted by Gasteiger charge is -2.09. The van der Waals surface area contributed by atoms with Gasteiger partial charge in [-0.25, -0.2) is 9.36 Å². The molecule has 0 atom stereocenters. The molecule has 0 aliphatic heterocycles. The molecule has 1 rings (SSSR count). The van der Waals surface area contributed by atoms with Gasteiger partial charge in [0.25, 0.3) is 0 Å². The average Bonchev–Trinajstić information content (AvgIpc) is 2.76. The molecular weight excluding hydrogens is 222 g/mol. The molecule has 0 saturated heterocycles. The highest BCUT2D eigenvalue weighted by Gasteiger charge is 2.15. The van der Waals surface area contributed by atoms with Gasteiger partial charge in [-0.1, -0.05) is 6.92 Å². The highest BCUT2D eigenvalue weighted by molar-refractivity contribution is 5.83. The summed E-state index contributed by atoms with van der Waals surface area (Å²) in [7, 11) is 0. The third-order valence-electron chi connectivity index (χ3n) is 2.18. The summed E-state index contributed by atoms with van der Waals surface area (Å²) in [6, 6.07) is 3.27. The van der Waals surface area contributed by atoms with Crippen LogP contribution in [0.25, 0.3) is 0 Å². The molecule has 94 valence electrons. The van der Waals surface area contributed by atoms with Gasteiger partial charge in [-0.05, 0) is 25.5 Å². The fourth-order valence-electron chi connectivity index (χ4n) is 1.38. The first kappa shape index (κ1) is 13.4. The molecule has 0 unspecified atom stereocenters. The van der Waals surface area contributed by atoms with Crippen LogP contribution in [0.1, 0.15) is 36.5 Å². The van der Waals surface area contributed by atoms with Crippen LogP contribution in [0, 0.1) is 0 Å². The Hall–Kier alpha value is -1.62. The molecule has 0 aliphatic rings. The topological polar surface area (TPSA) is 57.5 Å². The Morgan fingerprint density at radius 2 is 2.18 bits per heavy atom. The summed E-state index contributed by atoms with van der Waals surface area (Å²) < 4.78 is 11.5. The standard InChI is InChI=1S/C12H17NO4/c1-3-7-17-12(15)13-10(8-14)5-6-11(13)9-16-4-2/h5-6,8H,3-4,7,9H2,1-2H3. The van der Waals surface area contributed by atoms with E-state index in [1.54, 1.807) is 12.1 Å². The van der Waals surface area contributed by atoms with Gasteiger partial charge in [0, 0.05) is 6.61 Å². The molecule has 1 heterocycles. The quantitative estimate of drug-likeness (QED) is 0.714. The Kier molecular flexibility index (Phi) is 5.42. The van der Waals surface area contributed by atoms with E-state index in [-0.39, 0.29) is 12.3 Å². The van der Waals surface area contributed by atoms with Gasteiger partial charge >= 0.3 is 6.09 Å². The van der Waals surface area contributed by atoms with Crippen LogP contribution >= 0.6 is 0 Å². The fraction of sp³-hybridized carbons (Fsp3) is 0.500. The highest BCUT2D eigenvalue weighted by atomic mass is 16.5. The molecule has 0 aromatic carbocycles. The van der Waals surface area contributed by atoms with Crippen LogP contribution in [-0.2, 0) is 16.1 Å². The summed E-state index contributed by atoms with van der Waals surface area (Å²) in [5.41, 5.74) is 0.899. The zero-order valence-electron chi connectivity index (χ0n) is 10.1. The van der Waals surface area contributed by atoms with E-state index < -0.39 is 6.09 Å². The Morgan fingerprint density at radius 3 is 2.76 bits per heavy atom. The van der Waals surface area contributed by atoms with Crippen LogP contribution in [0.5, 0.6) is 0 Å². The van der Waals surface area contributed by atoms with Crippen molar-refractivity contribution in [3.8, 4) is 0 Å². The van der Waals surface area contributed by atoms with Crippen LogP contribution in [0.3, 0.4) is 0 Å². The van der Waals surface area contributed by atoms with Crippen LogP contribution in [-0.4, -0.2) is 30.2 Å². The number of nitrogens with zero attached hydrogens (tertiary/aromatic N) is 1. The van der Waals surface area contributed by atoms with Gasteiger partial charge in [0.15, 0.2) is 6.29 Å². The maximum Gasteiger partial charge on any atom is 0.418 e. The van der Waals surface area contributed by atoms with Gasteiger partial charge in [0.05, 0.1) is 24.6 Å². The van der Waals surface area contributed by atoms with E-state index in [9.17, 15) is 9.59 Å². The number of carbonyl (C=O) groups is 2. The molecule has 5 nitrogen and oxygen atoms in total.